The highest BCUT2D eigenvalue weighted by atomic mass is 16.5. The van der Waals surface area contributed by atoms with Crippen LogP contribution in [0, 0.1) is 0 Å². The van der Waals surface area contributed by atoms with Crippen molar-refractivity contribution in [2.75, 3.05) is 28.3 Å². The number of benzene rings is 1. The monoisotopic (exact) mass is 276 g/mol. The fourth-order valence-electron chi connectivity index (χ4n) is 2.04. The van der Waals surface area contributed by atoms with Gasteiger partial charge in [-0.15, -0.1) is 0 Å². The maximum atomic E-state index is 12.3. The molecule has 0 saturated carbocycles. The molecule has 0 atom stereocenters. The number of amides is 1. The van der Waals surface area contributed by atoms with Gasteiger partial charge in [0.2, 0.25) is 0 Å². The quantitative estimate of drug-likeness (QED) is 0.678. The van der Waals surface area contributed by atoms with Gasteiger partial charge in [0.25, 0.3) is 11.7 Å². The van der Waals surface area contributed by atoms with E-state index < -0.39 is 11.7 Å². The van der Waals surface area contributed by atoms with Crippen LogP contribution >= 0.6 is 0 Å². The highest BCUT2D eigenvalue weighted by Gasteiger charge is 2.26. The number of nitrogens with zero attached hydrogens (tertiary/aromatic N) is 1. The second-order valence-electron chi connectivity index (χ2n) is 4.45. The van der Waals surface area contributed by atoms with E-state index in [1.54, 1.807) is 18.3 Å². The number of H-pyrrole nitrogens is 1. The van der Waals surface area contributed by atoms with Gasteiger partial charge < -0.3 is 19.4 Å². The molecule has 0 radical (unpaired) electrons. The van der Waals surface area contributed by atoms with Crippen molar-refractivity contribution < 1.29 is 19.1 Å². The number of carbonyl (C=O) groups excluding carboxylic acids is 2. The van der Waals surface area contributed by atoms with E-state index in [0.29, 0.717) is 17.0 Å². The molecule has 2 aromatic rings. The first-order chi connectivity index (χ1) is 9.51. The minimum absolute atomic E-state index is 0.215. The molecule has 1 aromatic heterocycles. The number of aromatic nitrogens is 1. The smallest absolute Gasteiger partial charge is 0.294 e. The second kappa shape index (κ2) is 5.24. The Balaban J connectivity index is 2.71. The number of aromatic amines is 1. The Kier molecular flexibility index (Phi) is 3.65. The first-order valence-electron chi connectivity index (χ1n) is 5.99. The van der Waals surface area contributed by atoms with Crippen molar-refractivity contribution in [3.05, 3.63) is 23.9 Å². The Labute approximate surface area is 116 Å². The van der Waals surface area contributed by atoms with E-state index in [2.05, 4.69) is 4.98 Å². The number of fused-ring (bicyclic) bond motifs is 1. The molecule has 2 rings (SSSR count). The molecule has 0 aliphatic heterocycles. The lowest BCUT2D eigenvalue weighted by Crippen LogP contribution is -2.30. The topological polar surface area (TPSA) is 71.6 Å². The van der Waals surface area contributed by atoms with E-state index in [9.17, 15) is 9.59 Å². The number of nitrogens with one attached hydrogen (secondary N) is 1. The van der Waals surface area contributed by atoms with Gasteiger partial charge in [-0.1, -0.05) is 0 Å². The number of rotatable bonds is 4. The Morgan fingerprint density at radius 3 is 2.35 bits per heavy atom. The largest absolute Gasteiger partial charge is 0.496 e. The summed E-state index contributed by atoms with van der Waals surface area (Å²) in [7, 11) is 6.04. The van der Waals surface area contributed by atoms with E-state index in [1.807, 2.05) is 0 Å². The number of methoxy groups -OCH3 is 2. The molecule has 1 N–H and O–H groups in total. The number of hydrogen-bond donors (Lipinski definition) is 1. The fourth-order valence-corrected chi connectivity index (χ4v) is 2.04. The van der Waals surface area contributed by atoms with Gasteiger partial charge in [-0.2, -0.15) is 0 Å². The summed E-state index contributed by atoms with van der Waals surface area (Å²) >= 11 is 0. The zero-order valence-electron chi connectivity index (χ0n) is 11.8. The first kappa shape index (κ1) is 13.9. The van der Waals surface area contributed by atoms with Crippen molar-refractivity contribution in [3.8, 4) is 11.5 Å². The Hall–Kier alpha value is -2.50. The van der Waals surface area contributed by atoms with Crippen LogP contribution < -0.4 is 9.47 Å². The number of Topliss-reactive ketones (excluding diaryl/α,β-unsaturated/α-hetero) is 1. The molecule has 6 nitrogen and oxygen atoms in total. The molecule has 0 aliphatic carbocycles. The van der Waals surface area contributed by atoms with Crippen LogP contribution in [0.1, 0.15) is 10.4 Å². The fraction of sp³-hybridized carbons (Fsp3) is 0.286. The number of carbonyl (C=O) groups is 2. The van der Waals surface area contributed by atoms with Gasteiger partial charge in [-0.25, -0.2) is 0 Å². The zero-order valence-corrected chi connectivity index (χ0v) is 11.8. The molecule has 1 heterocycles. The van der Waals surface area contributed by atoms with Crippen LogP contribution in [0.2, 0.25) is 0 Å². The molecule has 20 heavy (non-hydrogen) atoms. The lowest BCUT2D eigenvalue weighted by atomic mass is 10.0. The van der Waals surface area contributed by atoms with Crippen molar-refractivity contribution >= 4 is 22.6 Å². The van der Waals surface area contributed by atoms with Crippen molar-refractivity contribution in [1.29, 1.82) is 0 Å². The zero-order chi connectivity index (χ0) is 14.9. The Morgan fingerprint density at radius 2 is 1.80 bits per heavy atom. The molecule has 0 unspecified atom stereocenters. The van der Waals surface area contributed by atoms with E-state index in [-0.39, 0.29) is 5.56 Å². The summed E-state index contributed by atoms with van der Waals surface area (Å²) in [5.74, 6) is -0.352. The van der Waals surface area contributed by atoms with Crippen LogP contribution in [-0.4, -0.2) is 49.9 Å². The van der Waals surface area contributed by atoms with Crippen LogP contribution in [0.3, 0.4) is 0 Å². The minimum Gasteiger partial charge on any atom is -0.496 e. The Morgan fingerprint density at radius 1 is 1.15 bits per heavy atom. The predicted molar refractivity (Wildman–Crippen MR) is 74.4 cm³/mol. The summed E-state index contributed by atoms with van der Waals surface area (Å²) in [5.41, 5.74) is 0.744. The summed E-state index contributed by atoms with van der Waals surface area (Å²) < 4.78 is 10.5. The highest BCUT2D eigenvalue weighted by Crippen LogP contribution is 2.35. The molecule has 0 spiro atoms. The summed E-state index contributed by atoms with van der Waals surface area (Å²) in [4.78, 5) is 28.5. The number of ether oxygens (including phenoxy) is 2. The first-order valence-corrected chi connectivity index (χ1v) is 5.99. The van der Waals surface area contributed by atoms with E-state index in [4.69, 9.17) is 9.47 Å². The summed E-state index contributed by atoms with van der Waals surface area (Å²) in [6, 6.07) is 3.39. The SMILES string of the molecule is COc1cc(OC)c2cc[nH]c2c1C(=O)C(=O)N(C)C. The summed E-state index contributed by atoms with van der Waals surface area (Å²) in [6.45, 7) is 0. The predicted octanol–water partition coefficient (Wildman–Crippen LogP) is 1.46. The number of ketones is 1. The lowest BCUT2D eigenvalue weighted by Gasteiger charge is -2.14. The molecule has 106 valence electrons. The maximum absolute atomic E-state index is 12.3. The van der Waals surface area contributed by atoms with Crippen LogP contribution in [0.25, 0.3) is 10.9 Å². The standard InChI is InChI=1S/C14H16N2O4/c1-16(2)14(18)13(17)11-10(20-4)7-9(19-3)8-5-6-15-12(8)11/h5-7,15H,1-4H3. The lowest BCUT2D eigenvalue weighted by molar-refractivity contribution is -0.124. The molecule has 0 bridgehead atoms. The summed E-state index contributed by atoms with van der Waals surface area (Å²) in [5, 5.41) is 0.725. The molecule has 6 heteroatoms. The Bertz CT molecular complexity index is 673. The highest BCUT2D eigenvalue weighted by molar-refractivity contribution is 6.45. The number of hydrogen-bond acceptors (Lipinski definition) is 4. The van der Waals surface area contributed by atoms with Gasteiger partial charge in [0.1, 0.15) is 11.5 Å². The van der Waals surface area contributed by atoms with Gasteiger partial charge in [-0.05, 0) is 6.07 Å². The van der Waals surface area contributed by atoms with E-state index in [0.717, 1.165) is 5.39 Å². The van der Waals surface area contributed by atoms with Crippen molar-refractivity contribution in [2.45, 2.75) is 0 Å². The van der Waals surface area contributed by atoms with E-state index >= 15 is 0 Å². The third-order valence-corrected chi connectivity index (χ3v) is 3.04. The van der Waals surface area contributed by atoms with Gasteiger partial charge in [0.15, 0.2) is 0 Å². The third kappa shape index (κ3) is 2.09. The van der Waals surface area contributed by atoms with E-state index in [1.165, 1.54) is 33.2 Å². The molecular weight excluding hydrogens is 260 g/mol. The summed E-state index contributed by atoms with van der Waals surface area (Å²) in [6.07, 6.45) is 1.68. The normalized spacial score (nSPS) is 10.4. The average Bonchev–Trinajstić information content (AvgIpc) is 2.92. The van der Waals surface area contributed by atoms with Crippen LogP contribution in [0.4, 0.5) is 0 Å². The van der Waals surface area contributed by atoms with Crippen LogP contribution in [0.15, 0.2) is 18.3 Å². The maximum Gasteiger partial charge on any atom is 0.294 e. The number of likely N-dealkylation sites (N-methyl/N-ethyl adjacent to an activating group) is 1. The molecular formula is C14H16N2O4. The molecule has 0 saturated heterocycles. The molecule has 1 amide bonds. The van der Waals surface area contributed by atoms with Gasteiger partial charge in [-0.3, -0.25) is 9.59 Å². The molecule has 0 fully saturated rings. The van der Waals surface area contributed by atoms with Crippen LogP contribution in [0.5, 0.6) is 11.5 Å². The minimum atomic E-state index is -0.623. The van der Waals surface area contributed by atoms with Gasteiger partial charge in [0, 0.05) is 31.7 Å². The van der Waals surface area contributed by atoms with Gasteiger partial charge in [0.05, 0.1) is 25.3 Å². The third-order valence-electron chi connectivity index (χ3n) is 3.04. The van der Waals surface area contributed by atoms with Crippen molar-refractivity contribution in [1.82, 2.24) is 9.88 Å². The van der Waals surface area contributed by atoms with Crippen LogP contribution in [-0.2, 0) is 4.79 Å². The van der Waals surface area contributed by atoms with Crippen molar-refractivity contribution in [3.63, 3.8) is 0 Å². The molecule has 1 aromatic carbocycles. The second-order valence-corrected chi connectivity index (χ2v) is 4.45. The average molecular weight is 276 g/mol. The molecule has 0 aliphatic rings. The van der Waals surface area contributed by atoms with Crippen molar-refractivity contribution in [2.24, 2.45) is 0 Å². The van der Waals surface area contributed by atoms with Gasteiger partial charge >= 0.3 is 0 Å².